The number of carbonyl (C=O) groups excluding carboxylic acids is 2. The predicted molar refractivity (Wildman–Crippen MR) is 139 cm³/mol. The summed E-state index contributed by atoms with van der Waals surface area (Å²) < 4.78 is 54.1. The number of aromatic nitrogens is 1. The van der Waals surface area contributed by atoms with Gasteiger partial charge in [-0.25, -0.2) is 14.2 Å². The number of halogens is 4. The molecule has 0 aliphatic carbocycles. The molecule has 0 unspecified atom stereocenters. The number of anilines is 2. The van der Waals surface area contributed by atoms with Gasteiger partial charge >= 0.3 is 6.18 Å². The van der Waals surface area contributed by atoms with Crippen molar-refractivity contribution in [3.05, 3.63) is 80.8 Å². The molecule has 1 aliphatic rings. The van der Waals surface area contributed by atoms with Crippen LogP contribution in [0.2, 0.25) is 0 Å². The predicted octanol–water partition coefficient (Wildman–Crippen LogP) is 6.01. The zero-order valence-electron chi connectivity index (χ0n) is 20.2. The van der Waals surface area contributed by atoms with Gasteiger partial charge in [0.2, 0.25) is 0 Å². The van der Waals surface area contributed by atoms with Crippen molar-refractivity contribution in [2.24, 2.45) is 0 Å². The van der Waals surface area contributed by atoms with Gasteiger partial charge in [-0.15, -0.1) is 11.3 Å². The molecule has 2 heterocycles. The van der Waals surface area contributed by atoms with Crippen molar-refractivity contribution in [2.75, 3.05) is 9.80 Å². The summed E-state index contributed by atoms with van der Waals surface area (Å²) in [5.41, 5.74) is 0.330. The molecule has 0 atom stereocenters. The summed E-state index contributed by atoms with van der Waals surface area (Å²) in [6.45, 7) is 11.9. The standard InChI is InChI=1S/C25H19F4N5O2S2/c1-13-9-15(7-8-18(13)30-4)33-22(36)24(2,3)34(23(33)37)16-6-5-14(17(26)10-16)11-31-21(35)19-20(25(27,28)29)32-12-38-19/h5-10,12H,11H2,1-3H3,(H,31,35). The molecule has 4 rings (SSSR count). The average Bonchev–Trinajstić information content (AvgIpc) is 3.40. The summed E-state index contributed by atoms with van der Waals surface area (Å²) in [5, 5.41) is 2.40. The van der Waals surface area contributed by atoms with E-state index < -0.39 is 34.0 Å². The first-order valence-corrected chi connectivity index (χ1v) is 12.3. The Labute approximate surface area is 224 Å². The Morgan fingerprint density at radius 1 is 1.21 bits per heavy atom. The van der Waals surface area contributed by atoms with Gasteiger partial charge < -0.3 is 10.2 Å². The Morgan fingerprint density at radius 2 is 1.89 bits per heavy atom. The fourth-order valence-electron chi connectivity index (χ4n) is 4.04. The van der Waals surface area contributed by atoms with Crippen molar-refractivity contribution < 1.29 is 27.2 Å². The molecule has 38 heavy (non-hydrogen) atoms. The van der Waals surface area contributed by atoms with Gasteiger partial charge in [0, 0.05) is 23.5 Å². The Hall–Kier alpha value is -3.89. The quantitative estimate of drug-likeness (QED) is 0.235. The highest BCUT2D eigenvalue weighted by atomic mass is 32.1. The molecule has 0 radical (unpaired) electrons. The Balaban J connectivity index is 1.56. The van der Waals surface area contributed by atoms with Crippen LogP contribution in [-0.4, -0.2) is 27.4 Å². The number of hydrogen-bond acceptors (Lipinski definition) is 5. The average molecular weight is 562 g/mol. The topological polar surface area (TPSA) is 69.9 Å². The molecular weight excluding hydrogens is 542 g/mol. The number of thiazole rings is 1. The van der Waals surface area contributed by atoms with E-state index in [9.17, 15) is 22.8 Å². The number of thiocarbonyl (C=S) groups is 1. The Morgan fingerprint density at radius 3 is 2.50 bits per heavy atom. The van der Waals surface area contributed by atoms with Crippen molar-refractivity contribution in [2.45, 2.75) is 39.0 Å². The first kappa shape index (κ1) is 27.2. The van der Waals surface area contributed by atoms with E-state index in [0.717, 1.165) is 11.6 Å². The monoisotopic (exact) mass is 561 g/mol. The van der Waals surface area contributed by atoms with E-state index in [2.05, 4.69) is 15.1 Å². The summed E-state index contributed by atoms with van der Waals surface area (Å²) in [6, 6.07) is 8.91. The molecule has 3 aromatic rings. The second-order valence-corrected chi connectivity index (χ2v) is 10.1. The van der Waals surface area contributed by atoms with Crippen molar-refractivity contribution >= 4 is 57.5 Å². The van der Waals surface area contributed by atoms with Crippen LogP contribution >= 0.6 is 23.6 Å². The van der Waals surface area contributed by atoms with Crippen molar-refractivity contribution in [3.63, 3.8) is 0 Å². The molecule has 7 nitrogen and oxygen atoms in total. The molecule has 2 amide bonds. The zero-order chi connectivity index (χ0) is 28.0. The molecule has 1 N–H and O–H groups in total. The van der Waals surface area contributed by atoms with Crippen LogP contribution in [0.1, 0.15) is 40.3 Å². The van der Waals surface area contributed by atoms with Crippen LogP contribution < -0.4 is 15.1 Å². The van der Waals surface area contributed by atoms with Crippen LogP contribution in [0.25, 0.3) is 4.85 Å². The van der Waals surface area contributed by atoms with E-state index in [1.165, 1.54) is 21.9 Å². The molecule has 0 spiro atoms. The van der Waals surface area contributed by atoms with Gasteiger partial charge in [-0.1, -0.05) is 12.1 Å². The maximum Gasteiger partial charge on any atom is 0.434 e. The van der Waals surface area contributed by atoms with Crippen LogP contribution in [0.3, 0.4) is 0 Å². The van der Waals surface area contributed by atoms with Gasteiger partial charge in [-0.2, -0.15) is 13.2 Å². The van der Waals surface area contributed by atoms with Crippen LogP contribution in [0.15, 0.2) is 41.9 Å². The van der Waals surface area contributed by atoms with E-state index >= 15 is 4.39 Å². The molecular formula is C25H19F4N5O2S2. The lowest BCUT2D eigenvalue weighted by molar-refractivity contribution is -0.141. The van der Waals surface area contributed by atoms with Crippen LogP contribution in [0.4, 0.5) is 34.6 Å². The first-order valence-electron chi connectivity index (χ1n) is 11.0. The normalized spacial score (nSPS) is 15.1. The van der Waals surface area contributed by atoms with Gasteiger partial charge in [0.25, 0.3) is 11.8 Å². The summed E-state index contributed by atoms with van der Waals surface area (Å²) in [7, 11) is 0. The van der Waals surface area contributed by atoms with E-state index in [1.54, 1.807) is 39.0 Å². The number of aryl methyl sites for hydroxylation is 1. The highest BCUT2D eigenvalue weighted by molar-refractivity contribution is 7.81. The minimum atomic E-state index is -4.79. The van der Waals surface area contributed by atoms with Gasteiger partial charge in [0.15, 0.2) is 16.5 Å². The van der Waals surface area contributed by atoms with E-state index in [1.807, 2.05) is 0 Å². The number of benzene rings is 2. The summed E-state index contributed by atoms with van der Waals surface area (Å²) in [4.78, 5) is 34.5. The largest absolute Gasteiger partial charge is 0.434 e. The molecule has 196 valence electrons. The van der Waals surface area contributed by atoms with Crippen molar-refractivity contribution in [3.8, 4) is 0 Å². The molecule has 0 saturated carbocycles. The van der Waals surface area contributed by atoms with Crippen LogP contribution in [-0.2, 0) is 17.5 Å². The number of nitrogens with one attached hydrogen (secondary N) is 1. The maximum absolute atomic E-state index is 15.1. The number of carbonyl (C=O) groups is 2. The summed E-state index contributed by atoms with van der Waals surface area (Å²) in [6.07, 6.45) is -4.79. The SMILES string of the molecule is [C-]#[N+]c1ccc(N2C(=O)C(C)(C)N(c3ccc(CNC(=O)c4scnc4C(F)(F)F)c(F)c3)C2=S)cc1C. The first-order chi connectivity index (χ1) is 17.8. The van der Waals surface area contributed by atoms with Gasteiger partial charge in [-0.3, -0.25) is 14.5 Å². The fourth-order valence-corrected chi connectivity index (χ4v) is 5.29. The lowest BCUT2D eigenvalue weighted by Gasteiger charge is -2.29. The zero-order valence-corrected chi connectivity index (χ0v) is 21.8. The van der Waals surface area contributed by atoms with E-state index in [4.69, 9.17) is 18.8 Å². The third-order valence-corrected chi connectivity index (χ3v) is 7.19. The third kappa shape index (κ3) is 4.72. The smallest absolute Gasteiger partial charge is 0.347 e. The van der Waals surface area contributed by atoms with Crippen LogP contribution in [0.5, 0.6) is 0 Å². The lowest BCUT2D eigenvalue weighted by Crippen LogP contribution is -2.44. The molecule has 2 aromatic carbocycles. The van der Waals surface area contributed by atoms with Crippen molar-refractivity contribution in [1.82, 2.24) is 10.3 Å². The van der Waals surface area contributed by atoms with Gasteiger partial charge in [-0.05, 0) is 62.8 Å². The molecule has 13 heteroatoms. The summed E-state index contributed by atoms with van der Waals surface area (Å²) in [5.74, 6) is -2.12. The van der Waals surface area contributed by atoms with Crippen molar-refractivity contribution in [1.29, 1.82) is 0 Å². The highest BCUT2D eigenvalue weighted by Gasteiger charge is 2.50. The number of rotatable bonds is 5. The Kier molecular flexibility index (Phi) is 6.98. The molecule has 1 aliphatic heterocycles. The second kappa shape index (κ2) is 9.77. The minimum Gasteiger partial charge on any atom is -0.347 e. The molecule has 1 saturated heterocycles. The lowest BCUT2D eigenvalue weighted by atomic mass is 10.0. The highest BCUT2D eigenvalue weighted by Crippen LogP contribution is 2.38. The summed E-state index contributed by atoms with van der Waals surface area (Å²) >= 11 is 6.14. The fraction of sp³-hybridized carbons (Fsp3) is 0.240. The number of amides is 2. The third-order valence-electron chi connectivity index (χ3n) is 6.00. The van der Waals surface area contributed by atoms with Gasteiger partial charge in [0.05, 0.1) is 12.1 Å². The maximum atomic E-state index is 15.1. The molecule has 1 fully saturated rings. The minimum absolute atomic E-state index is 0.0247. The molecule has 1 aromatic heterocycles. The van der Waals surface area contributed by atoms with Crippen LogP contribution in [0, 0.1) is 19.3 Å². The molecule has 0 bridgehead atoms. The number of alkyl halides is 3. The Bertz CT molecular complexity index is 1510. The van der Waals surface area contributed by atoms with Gasteiger partial charge in [0.1, 0.15) is 16.2 Å². The van der Waals surface area contributed by atoms with E-state index in [0.29, 0.717) is 28.3 Å². The number of nitrogens with zero attached hydrogens (tertiary/aromatic N) is 4. The van der Waals surface area contributed by atoms with E-state index in [-0.39, 0.29) is 28.8 Å². The number of hydrogen-bond donors (Lipinski definition) is 1. The second-order valence-electron chi connectivity index (χ2n) is 8.89.